The van der Waals surface area contributed by atoms with Gasteiger partial charge in [0.1, 0.15) is 0 Å². The Morgan fingerprint density at radius 1 is 1.13 bits per heavy atom. The van der Waals surface area contributed by atoms with Crippen molar-refractivity contribution in [1.29, 1.82) is 0 Å². The third kappa shape index (κ3) is 11.3. The first-order valence-corrected chi connectivity index (χ1v) is 5.87. The lowest BCUT2D eigenvalue weighted by Gasteiger charge is -2.02. The molecule has 0 aliphatic carbocycles. The first kappa shape index (κ1) is 14.4. The number of methoxy groups -OCH3 is 1. The Bertz CT molecular complexity index is 158. The Balaban J connectivity index is 3.02. The fraction of sp³-hybridized carbons (Fsp3) is 0.917. The molecule has 0 saturated carbocycles. The van der Waals surface area contributed by atoms with E-state index in [0.29, 0.717) is 12.8 Å². The van der Waals surface area contributed by atoms with Gasteiger partial charge < -0.3 is 4.74 Å². The molecule has 0 spiro atoms. The van der Waals surface area contributed by atoms with E-state index in [1.807, 2.05) is 0 Å². The highest BCUT2D eigenvalue weighted by Crippen LogP contribution is 2.10. The lowest BCUT2D eigenvalue weighted by atomic mass is 10.1. The molecule has 0 heterocycles. The Morgan fingerprint density at radius 2 is 1.67 bits per heavy atom. The van der Waals surface area contributed by atoms with Gasteiger partial charge in [0.2, 0.25) is 0 Å². The van der Waals surface area contributed by atoms with Gasteiger partial charge in [0.25, 0.3) is 0 Å². The molecule has 3 heteroatoms. The van der Waals surface area contributed by atoms with Gasteiger partial charge in [-0.25, -0.2) is 4.39 Å². The number of rotatable bonds is 9. The first-order chi connectivity index (χ1) is 7.16. The summed E-state index contributed by atoms with van der Waals surface area (Å²) in [5, 5.41) is 0. The van der Waals surface area contributed by atoms with Crippen molar-refractivity contribution < 1.29 is 13.9 Å². The van der Waals surface area contributed by atoms with Crippen LogP contribution in [0.1, 0.15) is 58.3 Å². The van der Waals surface area contributed by atoms with E-state index in [9.17, 15) is 9.18 Å². The standard InChI is InChI=1S/C12H23FO2/c1-11(13)9-7-5-3-4-6-8-10-12(14)15-2/h11H,3-10H2,1-2H3. The molecule has 90 valence electrons. The van der Waals surface area contributed by atoms with Crippen molar-refractivity contribution in [3.05, 3.63) is 0 Å². The lowest BCUT2D eigenvalue weighted by Crippen LogP contribution is -1.99. The van der Waals surface area contributed by atoms with Crippen molar-refractivity contribution in [2.75, 3.05) is 7.11 Å². The van der Waals surface area contributed by atoms with Crippen molar-refractivity contribution in [2.24, 2.45) is 0 Å². The summed E-state index contributed by atoms with van der Waals surface area (Å²) in [6, 6.07) is 0. The van der Waals surface area contributed by atoms with Crippen LogP contribution in [0.4, 0.5) is 4.39 Å². The average Bonchev–Trinajstić information content (AvgIpc) is 2.21. The topological polar surface area (TPSA) is 26.3 Å². The van der Waals surface area contributed by atoms with Gasteiger partial charge in [0.15, 0.2) is 0 Å². The molecule has 0 aromatic rings. The van der Waals surface area contributed by atoms with Crippen LogP contribution < -0.4 is 0 Å². The summed E-state index contributed by atoms with van der Waals surface area (Å²) in [6.45, 7) is 1.61. The molecule has 0 rings (SSSR count). The second-order valence-corrected chi connectivity index (χ2v) is 4.02. The predicted molar refractivity (Wildman–Crippen MR) is 59.5 cm³/mol. The molecule has 0 aliphatic heterocycles. The minimum atomic E-state index is -0.663. The molecule has 0 saturated heterocycles. The lowest BCUT2D eigenvalue weighted by molar-refractivity contribution is -0.140. The Labute approximate surface area is 92.2 Å². The van der Waals surface area contributed by atoms with Gasteiger partial charge in [-0.3, -0.25) is 4.79 Å². The van der Waals surface area contributed by atoms with Gasteiger partial charge in [0.05, 0.1) is 13.3 Å². The maximum atomic E-state index is 12.4. The molecule has 1 unspecified atom stereocenters. The van der Waals surface area contributed by atoms with Crippen LogP contribution in [0.15, 0.2) is 0 Å². The fourth-order valence-electron chi connectivity index (χ4n) is 1.50. The summed E-state index contributed by atoms with van der Waals surface area (Å²) in [5.41, 5.74) is 0. The molecule has 0 radical (unpaired) electrons. The molecule has 0 aromatic heterocycles. The Hall–Kier alpha value is -0.600. The van der Waals surface area contributed by atoms with Gasteiger partial charge in [-0.15, -0.1) is 0 Å². The minimum absolute atomic E-state index is 0.124. The van der Waals surface area contributed by atoms with Crippen LogP contribution in [-0.2, 0) is 9.53 Å². The van der Waals surface area contributed by atoms with Crippen LogP contribution in [-0.4, -0.2) is 19.3 Å². The van der Waals surface area contributed by atoms with Crippen LogP contribution in [0.2, 0.25) is 0 Å². The molecule has 2 nitrogen and oxygen atoms in total. The van der Waals surface area contributed by atoms with Crippen molar-refractivity contribution in [3.63, 3.8) is 0 Å². The van der Waals surface area contributed by atoms with Crippen LogP contribution >= 0.6 is 0 Å². The number of hydrogen-bond acceptors (Lipinski definition) is 2. The second-order valence-electron chi connectivity index (χ2n) is 4.02. The Morgan fingerprint density at radius 3 is 2.20 bits per heavy atom. The van der Waals surface area contributed by atoms with Gasteiger partial charge in [-0.1, -0.05) is 32.1 Å². The van der Waals surface area contributed by atoms with E-state index in [-0.39, 0.29) is 5.97 Å². The maximum absolute atomic E-state index is 12.4. The first-order valence-electron chi connectivity index (χ1n) is 5.87. The SMILES string of the molecule is COC(=O)CCCCCCCCC(C)F. The average molecular weight is 218 g/mol. The zero-order valence-electron chi connectivity index (χ0n) is 9.93. The number of carbonyl (C=O) groups is 1. The highest BCUT2D eigenvalue weighted by atomic mass is 19.1. The monoisotopic (exact) mass is 218 g/mol. The minimum Gasteiger partial charge on any atom is -0.469 e. The van der Waals surface area contributed by atoms with Crippen LogP contribution in [0, 0.1) is 0 Å². The van der Waals surface area contributed by atoms with Crippen molar-refractivity contribution >= 4 is 5.97 Å². The maximum Gasteiger partial charge on any atom is 0.305 e. The number of carbonyl (C=O) groups excluding carboxylic acids is 1. The Kier molecular flexibility index (Phi) is 9.54. The molecular formula is C12H23FO2. The predicted octanol–water partition coefficient (Wildman–Crippen LogP) is 3.64. The fourth-order valence-corrected chi connectivity index (χ4v) is 1.50. The van der Waals surface area contributed by atoms with E-state index in [2.05, 4.69) is 4.74 Å². The molecule has 0 bridgehead atoms. The van der Waals surface area contributed by atoms with E-state index >= 15 is 0 Å². The smallest absolute Gasteiger partial charge is 0.305 e. The molecule has 0 aromatic carbocycles. The number of halogens is 1. The molecule has 15 heavy (non-hydrogen) atoms. The zero-order valence-corrected chi connectivity index (χ0v) is 9.93. The summed E-state index contributed by atoms with van der Waals surface area (Å²) in [6.07, 6.45) is 6.89. The van der Waals surface area contributed by atoms with Crippen LogP contribution in [0.5, 0.6) is 0 Å². The third-order valence-corrected chi connectivity index (χ3v) is 2.46. The van der Waals surface area contributed by atoms with Gasteiger partial charge >= 0.3 is 5.97 Å². The number of alkyl halides is 1. The normalized spacial score (nSPS) is 12.5. The van der Waals surface area contributed by atoms with Gasteiger partial charge in [0, 0.05) is 6.42 Å². The van der Waals surface area contributed by atoms with Gasteiger partial charge in [-0.05, 0) is 19.8 Å². The van der Waals surface area contributed by atoms with E-state index in [0.717, 1.165) is 38.5 Å². The summed E-state index contributed by atoms with van der Waals surface area (Å²) in [5.74, 6) is -0.124. The highest BCUT2D eigenvalue weighted by Gasteiger charge is 2.00. The van der Waals surface area contributed by atoms with Gasteiger partial charge in [-0.2, -0.15) is 0 Å². The van der Waals surface area contributed by atoms with E-state index in [1.54, 1.807) is 6.92 Å². The quantitative estimate of drug-likeness (QED) is 0.436. The molecule has 0 N–H and O–H groups in total. The zero-order chi connectivity index (χ0) is 11.5. The highest BCUT2D eigenvalue weighted by molar-refractivity contribution is 5.68. The summed E-state index contributed by atoms with van der Waals surface area (Å²) >= 11 is 0. The number of ether oxygens (including phenoxy) is 1. The second kappa shape index (κ2) is 9.94. The summed E-state index contributed by atoms with van der Waals surface area (Å²) in [4.78, 5) is 10.8. The number of esters is 1. The molecule has 0 aliphatic rings. The van der Waals surface area contributed by atoms with Crippen molar-refractivity contribution in [3.8, 4) is 0 Å². The molecular weight excluding hydrogens is 195 g/mol. The van der Waals surface area contributed by atoms with Crippen LogP contribution in [0.25, 0.3) is 0 Å². The molecule has 0 fully saturated rings. The summed E-state index contributed by atoms with van der Waals surface area (Å²) < 4.78 is 16.9. The van der Waals surface area contributed by atoms with Crippen molar-refractivity contribution in [2.45, 2.75) is 64.5 Å². The summed E-state index contributed by atoms with van der Waals surface area (Å²) in [7, 11) is 1.42. The van der Waals surface area contributed by atoms with Crippen molar-refractivity contribution in [1.82, 2.24) is 0 Å². The largest absolute Gasteiger partial charge is 0.469 e. The number of hydrogen-bond donors (Lipinski definition) is 0. The molecule has 1 atom stereocenters. The van der Waals surface area contributed by atoms with E-state index in [1.165, 1.54) is 7.11 Å². The number of unbranched alkanes of at least 4 members (excludes halogenated alkanes) is 5. The van der Waals surface area contributed by atoms with Crippen LogP contribution in [0.3, 0.4) is 0 Å². The molecule has 0 amide bonds. The van der Waals surface area contributed by atoms with E-state index < -0.39 is 6.17 Å². The third-order valence-electron chi connectivity index (χ3n) is 2.46. The van der Waals surface area contributed by atoms with E-state index in [4.69, 9.17) is 0 Å².